The second kappa shape index (κ2) is 14.4. The van der Waals surface area contributed by atoms with Gasteiger partial charge in [0.1, 0.15) is 0 Å². The van der Waals surface area contributed by atoms with Crippen molar-refractivity contribution in [2.24, 2.45) is 10.8 Å². The summed E-state index contributed by atoms with van der Waals surface area (Å²) < 4.78 is 0. The van der Waals surface area contributed by atoms with Gasteiger partial charge in [-0.15, -0.1) is 12.4 Å². The lowest BCUT2D eigenvalue weighted by molar-refractivity contribution is -0.146. The van der Waals surface area contributed by atoms with E-state index in [-0.39, 0.29) is 12.4 Å². The first kappa shape index (κ1) is 31.1. The van der Waals surface area contributed by atoms with Crippen molar-refractivity contribution in [1.29, 1.82) is 0 Å². The highest BCUT2D eigenvalue weighted by Crippen LogP contribution is 2.12. The summed E-state index contributed by atoms with van der Waals surface area (Å²) in [5.74, 6) is -1.51. The zero-order chi connectivity index (χ0) is 21.8. The van der Waals surface area contributed by atoms with Gasteiger partial charge in [0.15, 0.2) is 0 Å². The van der Waals surface area contributed by atoms with E-state index in [4.69, 9.17) is 10.2 Å². The summed E-state index contributed by atoms with van der Waals surface area (Å²) in [7, 11) is 0. The highest BCUT2D eigenvalue weighted by atomic mass is 35.5. The Morgan fingerprint density at radius 3 is 1.46 bits per heavy atom. The Kier molecular flexibility index (Phi) is 16.0. The number of aliphatic hydroxyl groups excluding tert-OH is 1. The van der Waals surface area contributed by atoms with Gasteiger partial charge in [-0.3, -0.25) is 9.59 Å². The molecule has 0 aliphatic heterocycles. The third kappa shape index (κ3) is 17.8. The molecule has 1 aromatic rings. The number of rotatable bonds is 4. The standard InChI is InChI=1S/C11H17NO.2C5H10O2.ClH/c1-9(2)12-8-11(13)10-6-4-3-5-7-10;2*1-5(2,3)4(6)7;/h3-7,9,11-13H,8H2,1-2H3;2*1-3H3,(H,6,7);1H. The molecule has 7 heteroatoms. The molecular weight excluding hydrogens is 382 g/mol. The van der Waals surface area contributed by atoms with Gasteiger partial charge in [-0.1, -0.05) is 44.2 Å². The topological polar surface area (TPSA) is 107 Å². The second-order valence-corrected chi connectivity index (χ2v) is 8.60. The summed E-state index contributed by atoms with van der Waals surface area (Å²) in [6.07, 6.45) is -0.399. The largest absolute Gasteiger partial charge is 0.481 e. The van der Waals surface area contributed by atoms with Gasteiger partial charge < -0.3 is 20.6 Å². The van der Waals surface area contributed by atoms with Crippen LogP contribution in [0.2, 0.25) is 0 Å². The number of aliphatic hydroxyl groups is 1. The monoisotopic (exact) mass is 419 g/mol. The molecule has 0 aliphatic carbocycles. The van der Waals surface area contributed by atoms with E-state index < -0.39 is 28.9 Å². The number of carboxylic acids is 2. The van der Waals surface area contributed by atoms with E-state index in [1.807, 2.05) is 30.3 Å². The molecule has 1 aromatic carbocycles. The van der Waals surface area contributed by atoms with Crippen LogP contribution in [0.3, 0.4) is 0 Å². The van der Waals surface area contributed by atoms with E-state index in [0.29, 0.717) is 12.6 Å². The second-order valence-electron chi connectivity index (χ2n) is 8.60. The van der Waals surface area contributed by atoms with Crippen LogP contribution < -0.4 is 5.32 Å². The van der Waals surface area contributed by atoms with Gasteiger partial charge in [-0.2, -0.15) is 0 Å². The maximum Gasteiger partial charge on any atom is 0.308 e. The molecule has 164 valence electrons. The Bertz CT molecular complexity index is 524. The van der Waals surface area contributed by atoms with Crippen molar-refractivity contribution in [1.82, 2.24) is 5.32 Å². The van der Waals surface area contributed by atoms with E-state index in [0.717, 1.165) is 5.56 Å². The lowest BCUT2D eigenvalue weighted by Gasteiger charge is -2.13. The Labute approximate surface area is 175 Å². The summed E-state index contributed by atoms with van der Waals surface area (Å²) >= 11 is 0. The number of hydrogen-bond donors (Lipinski definition) is 4. The van der Waals surface area contributed by atoms with Crippen LogP contribution in [-0.4, -0.2) is 39.8 Å². The van der Waals surface area contributed by atoms with E-state index in [1.54, 1.807) is 41.5 Å². The molecule has 0 saturated carbocycles. The fourth-order valence-electron chi connectivity index (χ4n) is 1.14. The van der Waals surface area contributed by atoms with Crippen molar-refractivity contribution in [3.8, 4) is 0 Å². The van der Waals surface area contributed by atoms with Gasteiger partial charge in [0.05, 0.1) is 16.9 Å². The lowest BCUT2D eigenvalue weighted by atomic mass is 9.98. The number of carbonyl (C=O) groups is 2. The van der Waals surface area contributed by atoms with Gasteiger partial charge in [0.25, 0.3) is 0 Å². The smallest absolute Gasteiger partial charge is 0.308 e. The number of benzene rings is 1. The molecule has 0 aromatic heterocycles. The summed E-state index contributed by atoms with van der Waals surface area (Å²) in [6, 6.07) is 10.1. The van der Waals surface area contributed by atoms with E-state index in [2.05, 4.69) is 19.2 Å². The maximum atomic E-state index is 10.0. The van der Waals surface area contributed by atoms with E-state index in [1.165, 1.54) is 0 Å². The Morgan fingerprint density at radius 1 is 0.893 bits per heavy atom. The highest BCUT2D eigenvalue weighted by Gasteiger charge is 2.19. The molecule has 1 rings (SSSR count). The fourth-order valence-corrected chi connectivity index (χ4v) is 1.14. The minimum absolute atomic E-state index is 0. The van der Waals surface area contributed by atoms with Crippen LogP contribution >= 0.6 is 12.4 Å². The Hall–Kier alpha value is -1.63. The molecule has 0 amide bonds. The van der Waals surface area contributed by atoms with Crippen LogP contribution in [0.4, 0.5) is 0 Å². The van der Waals surface area contributed by atoms with Crippen LogP contribution in [0.25, 0.3) is 0 Å². The van der Waals surface area contributed by atoms with Gasteiger partial charge in [0, 0.05) is 12.6 Å². The molecule has 0 spiro atoms. The summed E-state index contributed by atoms with van der Waals surface area (Å²) in [5.41, 5.74) is -0.198. The molecule has 0 bridgehead atoms. The molecule has 0 saturated heterocycles. The molecule has 1 unspecified atom stereocenters. The quantitative estimate of drug-likeness (QED) is 0.577. The molecule has 0 fully saturated rings. The van der Waals surface area contributed by atoms with Crippen molar-refractivity contribution in [3.05, 3.63) is 35.9 Å². The van der Waals surface area contributed by atoms with Crippen LogP contribution in [-0.2, 0) is 9.59 Å². The van der Waals surface area contributed by atoms with Crippen molar-refractivity contribution in [2.45, 2.75) is 67.5 Å². The van der Waals surface area contributed by atoms with Gasteiger partial charge in [-0.25, -0.2) is 0 Å². The first-order chi connectivity index (χ1) is 12.1. The molecule has 0 radical (unpaired) electrons. The van der Waals surface area contributed by atoms with Crippen LogP contribution in [0.1, 0.15) is 67.1 Å². The van der Waals surface area contributed by atoms with Crippen LogP contribution in [0, 0.1) is 10.8 Å². The van der Waals surface area contributed by atoms with Crippen molar-refractivity contribution in [2.75, 3.05) is 6.54 Å². The third-order valence-corrected chi connectivity index (χ3v) is 3.19. The molecule has 0 heterocycles. The number of carboxylic acid groups (broad SMARTS) is 2. The van der Waals surface area contributed by atoms with E-state index >= 15 is 0 Å². The van der Waals surface area contributed by atoms with E-state index in [9.17, 15) is 14.7 Å². The number of nitrogens with one attached hydrogen (secondary N) is 1. The SMILES string of the molecule is CC(C)(C)C(=O)O.CC(C)(C)C(=O)O.CC(C)NCC(O)c1ccccc1.Cl. The first-order valence-corrected chi connectivity index (χ1v) is 9.02. The average Bonchev–Trinajstić information content (AvgIpc) is 2.52. The average molecular weight is 420 g/mol. The lowest BCUT2D eigenvalue weighted by Crippen LogP contribution is -2.27. The summed E-state index contributed by atoms with van der Waals surface area (Å²) in [6.45, 7) is 14.7. The molecular formula is C21H38ClNO5. The molecule has 4 N–H and O–H groups in total. The van der Waals surface area contributed by atoms with Crippen molar-refractivity contribution in [3.63, 3.8) is 0 Å². The maximum absolute atomic E-state index is 10.0. The first-order valence-electron chi connectivity index (χ1n) is 9.02. The van der Waals surface area contributed by atoms with Crippen LogP contribution in [0.5, 0.6) is 0 Å². The van der Waals surface area contributed by atoms with Gasteiger partial charge in [-0.05, 0) is 47.1 Å². The number of hydrogen-bond acceptors (Lipinski definition) is 4. The molecule has 0 aliphatic rings. The molecule has 1 atom stereocenters. The third-order valence-electron chi connectivity index (χ3n) is 3.19. The Balaban J connectivity index is -0.000000360. The number of aliphatic carboxylic acids is 2. The zero-order valence-electron chi connectivity index (χ0n) is 18.3. The highest BCUT2D eigenvalue weighted by molar-refractivity contribution is 5.85. The Morgan fingerprint density at radius 2 is 1.21 bits per heavy atom. The molecule has 28 heavy (non-hydrogen) atoms. The van der Waals surface area contributed by atoms with Crippen LogP contribution in [0.15, 0.2) is 30.3 Å². The fraction of sp³-hybridized carbons (Fsp3) is 0.619. The van der Waals surface area contributed by atoms with Crippen molar-refractivity contribution < 1.29 is 24.9 Å². The number of halogens is 1. The normalized spacial score (nSPS) is 11.8. The zero-order valence-corrected chi connectivity index (χ0v) is 19.1. The minimum atomic E-state index is -0.757. The predicted octanol–water partition coefficient (Wildman–Crippen LogP) is 4.37. The molecule has 6 nitrogen and oxygen atoms in total. The minimum Gasteiger partial charge on any atom is -0.481 e. The van der Waals surface area contributed by atoms with Gasteiger partial charge >= 0.3 is 11.9 Å². The summed E-state index contributed by atoms with van der Waals surface area (Å²) in [4.78, 5) is 20.0. The van der Waals surface area contributed by atoms with Crippen molar-refractivity contribution >= 4 is 24.3 Å². The van der Waals surface area contributed by atoms with Gasteiger partial charge in [0.2, 0.25) is 0 Å². The predicted molar refractivity (Wildman–Crippen MR) is 116 cm³/mol. The summed E-state index contributed by atoms with van der Waals surface area (Å²) in [5, 5.41) is 29.4.